The molecule has 10 heteroatoms. The van der Waals surface area contributed by atoms with Crippen LogP contribution >= 0.6 is 0 Å². The predicted molar refractivity (Wildman–Crippen MR) is 102 cm³/mol. The largest absolute Gasteiger partial charge is 0.497 e. The molecule has 0 saturated heterocycles. The topological polar surface area (TPSA) is 130 Å². The van der Waals surface area contributed by atoms with Crippen LogP contribution in [0.25, 0.3) is 11.4 Å². The van der Waals surface area contributed by atoms with Crippen molar-refractivity contribution in [1.82, 2.24) is 15.5 Å². The number of rotatable bonds is 7. The minimum absolute atomic E-state index is 0.0357. The molecule has 0 fully saturated rings. The Bertz CT molecular complexity index is 1060. The molecule has 0 spiro atoms. The van der Waals surface area contributed by atoms with E-state index in [4.69, 9.17) is 14.0 Å². The van der Waals surface area contributed by atoms with Crippen molar-refractivity contribution in [3.05, 3.63) is 63.5 Å². The molecule has 0 aliphatic carbocycles. The number of aromatic nitrogens is 2. The Morgan fingerprint density at radius 2 is 2.00 bits per heavy atom. The Labute approximate surface area is 165 Å². The first-order valence-corrected chi connectivity index (χ1v) is 8.51. The van der Waals surface area contributed by atoms with Crippen LogP contribution in [0.1, 0.15) is 21.8 Å². The van der Waals surface area contributed by atoms with E-state index in [1.54, 1.807) is 32.2 Å². The van der Waals surface area contributed by atoms with E-state index in [-0.39, 0.29) is 23.7 Å². The van der Waals surface area contributed by atoms with E-state index in [1.165, 1.54) is 25.3 Å². The van der Waals surface area contributed by atoms with E-state index in [0.29, 0.717) is 28.5 Å². The smallest absolute Gasteiger partial charge is 0.273 e. The maximum Gasteiger partial charge on any atom is 0.273 e. The SMILES string of the molecule is COc1ccc(-c2noc(CNC(=O)c3ccc(C)c([N+](=O)[O-])c3)n2)c(OC)c1. The summed E-state index contributed by atoms with van der Waals surface area (Å²) in [6.45, 7) is 1.57. The zero-order chi connectivity index (χ0) is 21.0. The van der Waals surface area contributed by atoms with Crippen molar-refractivity contribution in [3.63, 3.8) is 0 Å². The van der Waals surface area contributed by atoms with Gasteiger partial charge in [-0.25, -0.2) is 0 Å². The Morgan fingerprint density at radius 3 is 2.69 bits per heavy atom. The first-order chi connectivity index (χ1) is 13.9. The van der Waals surface area contributed by atoms with Crippen molar-refractivity contribution in [3.8, 4) is 22.9 Å². The highest BCUT2D eigenvalue weighted by Crippen LogP contribution is 2.31. The third-order valence-corrected chi connectivity index (χ3v) is 4.19. The third-order valence-electron chi connectivity index (χ3n) is 4.19. The van der Waals surface area contributed by atoms with Gasteiger partial charge in [0.2, 0.25) is 11.7 Å². The summed E-state index contributed by atoms with van der Waals surface area (Å²) in [6, 6.07) is 9.42. The van der Waals surface area contributed by atoms with Crippen molar-refractivity contribution in [2.24, 2.45) is 0 Å². The predicted octanol–water partition coefficient (Wildman–Crippen LogP) is 2.90. The first-order valence-electron chi connectivity index (χ1n) is 8.51. The van der Waals surface area contributed by atoms with Gasteiger partial charge in [0.15, 0.2) is 0 Å². The lowest BCUT2D eigenvalue weighted by molar-refractivity contribution is -0.385. The molecule has 1 N–H and O–H groups in total. The minimum Gasteiger partial charge on any atom is -0.497 e. The number of nitro benzene ring substituents is 1. The number of aryl methyl sites for hydroxylation is 1. The lowest BCUT2D eigenvalue weighted by Gasteiger charge is -2.07. The standard InChI is InChI=1S/C19H18N4O6/c1-11-4-5-12(8-15(11)23(25)26)19(24)20-10-17-21-18(22-29-17)14-7-6-13(27-2)9-16(14)28-3/h4-9H,10H2,1-3H3,(H,20,24). The van der Waals surface area contributed by atoms with Gasteiger partial charge in [0, 0.05) is 23.3 Å². The van der Waals surface area contributed by atoms with Crippen LogP contribution in [-0.2, 0) is 6.54 Å². The summed E-state index contributed by atoms with van der Waals surface area (Å²) in [4.78, 5) is 27.0. The van der Waals surface area contributed by atoms with Crippen LogP contribution in [0.4, 0.5) is 5.69 Å². The van der Waals surface area contributed by atoms with Gasteiger partial charge in [0.05, 0.1) is 31.3 Å². The van der Waals surface area contributed by atoms with Gasteiger partial charge < -0.3 is 19.3 Å². The molecule has 3 rings (SSSR count). The fraction of sp³-hybridized carbons (Fsp3) is 0.211. The molecule has 0 saturated carbocycles. The molecule has 0 unspecified atom stereocenters. The highest BCUT2D eigenvalue weighted by molar-refractivity contribution is 5.94. The van der Waals surface area contributed by atoms with E-state index in [0.717, 1.165) is 0 Å². The Kier molecular flexibility index (Phi) is 5.72. The fourth-order valence-corrected chi connectivity index (χ4v) is 2.62. The fourth-order valence-electron chi connectivity index (χ4n) is 2.62. The number of nitrogens with one attached hydrogen (secondary N) is 1. The van der Waals surface area contributed by atoms with Gasteiger partial charge in [0.25, 0.3) is 11.6 Å². The van der Waals surface area contributed by atoms with Crippen LogP contribution in [0.3, 0.4) is 0 Å². The summed E-state index contributed by atoms with van der Waals surface area (Å²) in [5.74, 6) is 1.10. The second kappa shape index (κ2) is 8.38. The Balaban J connectivity index is 1.72. The lowest BCUT2D eigenvalue weighted by atomic mass is 10.1. The highest BCUT2D eigenvalue weighted by Gasteiger charge is 2.17. The van der Waals surface area contributed by atoms with Crippen LogP contribution in [0.15, 0.2) is 40.9 Å². The van der Waals surface area contributed by atoms with Gasteiger partial charge in [-0.3, -0.25) is 14.9 Å². The number of nitrogens with zero attached hydrogens (tertiary/aromatic N) is 3. The van der Waals surface area contributed by atoms with Crippen LogP contribution in [0, 0.1) is 17.0 Å². The zero-order valence-corrected chi connectivity index (χ0v) is 16.0. The van der Waals surface area contributed by atoms with Gasteiger partial charge in [-0.2, -0.15) is 4.98 Å². The molecule has 1 heterocycles. The van der Waals surface area contributed by atoms with Gasteiger partial charge in [-0.15, -0.1) is 0 Å². The van der Waals surface area contributed by atoms with Gasteiger partial charge in [0.1, 0.15) is 11.5 Å². The van der Waals surface area contributed by atoms with Gasteiger partial charge >= 0.3 is 0 Å². The maximum absolute atomic E-state index is 12.3. The minimum atomic E-state index is -0.529. The molecule has 2 aromatic carbocycles. The average Bonchev–Trinajstić information content (AvgIpc) is 3.20. The van der Waals surface area contributed by atoms with Crippen molar-refractivity contribution in [1.29, 1.82) is 0 Å². The number of methoxy groups -OCH3 is 2. The summed E-state index contributed by atoms with van der Waals surface area (Å²) in [7, 11) is 3.06. The van der Waals surface area contributed by atoms with Crippen molar-refractivity contribution >= 4 is 11.6 Å². The average molecular weight is 398 g/mol. The molecule has 0 aliphatic rings. The van der Waals surface area contributed by atoms with Crippen molar-refractivity contribution in [2.75, 3.05) is 14.2 Å². The highest BCUT2D eigenvalue weighted by atomic mass is 16.6. The van der Waals surface area contributed by atoms with Gasteiger partial charge in [-0.1, -0.05) is 11.2 Å². The lowest BCUT2D eigenvalue weighted by Crippen LogP contribution is -2.23. The molecule has 0 bridgehead atoms. The van der Waals surface area contributed by atoms with Crippen LogP contribution < -0.4 is 14.8 Å². The van der Waals surface area contributed by atoms with Gasteiger partial charge in [-0.05, 0) is 25.1 Å². The molecule has 150 valence electrons. The number of carbonyl (C=O) groups is 1. The second-order valence-electron chi connectivity index (χ2n) is 6.02. The molecule has 29 heavy (non-hydrogen) atoms. The molecule has 0 aliphatic heterocycles. The third kappa shape index (κ3) is 4.32. The van der Waals surface area contributed by atoms with E-state index in [9.17, 15) is 14.9 Å². The summed E-state index contributed by atoms with van der Waals surface area (Å²) in [5, 5.41) is 17.5. The summed E-state index contributed by atoms with van der Waals surface area (Å²) >= 11 is 0. The monoisotopic (exact) mass is 398 g/mol. The second-order valence-corrected chi connectivity index (χ2v) is 6.02. The molecular formula is C19H18N4O6. The van der Waals surface area contributed by atoms with Crippen molar-refractivity contribution in [2.45, 2.75) is 13.5 Å². The number of carbonyl (C=O) groups excluding carboxylic acids is 1. The summed E-state index contributed by atoms with van der Waals surface area (Å²) in [5.41, 5.74) is 1.12. The number of hydrogen-bond donors (Lipinski definition) is 1. The summed E-state index contributed by atoms with van der Waals surface area (Å²) in [6.07, 6.45) is 0. The number of amides is 1. The molecule has 3 aromatic rings. The maximum atomic E-state index is 12.3. The van der Waals surface area contributed by atoms with E-state index in [1.807, 2.05) is 0 Å². The molecular weight excluding hydrogens is 380 g/mol. The van der Waals surface area contributed by atoms with Crippen LogP contribution in [0.2, 0.25) is 0 Å². The van der Waals surface area contributed by atoms with Crippen molar-refractivity contribution < 1.29 is 23.7 Å². The summed E-state index contributed by atoms with van der Waals surface area (Å²) < 4.78 is 15.6. The number of ether oxygens (including phenoxy) is 2. The number of nitro groups is 1. The number of benzene rings is 2. The first kappa shape index (κ1) is 19.8. The molecule has 0 atom stereocenters. The van der Waals surface area contributed by atoms with E-state index < -0.39 is 10.8 Å². The van der Waals surface area contributed by atoms with E-state index in [2.05, 4.69) is 15.5 Å². The normalized spacial score (nSPS) is 10.4. The van der Waals surface area contributed by atoms with Crippen LogP contribution in [-0.4, -0.2) is 35.2 Å². The molecule has 1 aromatic heterocycles. The number of hydrogen-bond acceptors (Lipinski definition) is 8. The van der Waals surface area contributed by atoms with Crippen LogP contribution in [0.5, 0.6) is 11.5 Å². The van der Waals surface area contributed by atoms with E-state index >= 15 is 0 Å². The molecule has 10 nitrogen and oxygen atoms in total. The molecule has 0 radical (unpaired) electrons. The Morgan fingerprint density at radius 1 is 1.21 bits per heavy atom. The zero-order valence-electron chi connectivity index (χ0n) is 16.0. The quantitative estimate of drug-likeness (QED) is 0.475. The Hall–Kier alpha value is -3.95. The molecule has 1 amide bonds.